The Morgan fingerprint density at radius 3 is 1.62 bits per heavy atom. The lowest BCUT2D eigenvalue weighted by atomic mass is 9.43. The van der Waals surface area contributed by atoms with E-state index in [2.05, 4.69) is 13.8 Å². The first-order valence-electron chi connectivity index (χ1n) is 10.9. The average Bonchev–Trinajstić information content (AvgIpc) is 2.58. The van der Waals surface area contributed by atoms with Gasteiger partial charge in [0.2, 0.25) is 0 Å². The number of unbranched alkanes of at least 4 members (excludes halogenated alkanes) is 2. The molecule has 2 spiro atoms. The van der Waals surface area contributed by atoms with Crippen LogP contribution in [0.25, 0.3) is 0 Å². The van der Waals surface area contributed by atoms with E-state index in [-0.39, 0.29) is 10.8 Å². The van der Waals surface area contributed by atoms with Gasteiger partial charge < -0.3 is 0 Å². The Kier molecular flexibility index (Phi) is 6.19. The standard InChI is InChI=1S/C22H38Cl2/c1-3-5-6-8-19-11-15-21(16-12-19)17-20(22(21,23)24)13-9-18(7-4-2)10-14-20/h18-19H,3-17H2,1-2H3. The van der Waals surface area contributed by atoms with Crippen molar-refractivity contribution < 1.29 is 0 Å². The largest absolute Gasteiger partial charge is 0.129 e. The molecule has 0 radical (unpaired) electrons. The molecule has 0 heterocycles. The Balaban J connectivity index is 1.53. The summed E-state index contributed by atoms with van der Waals surface area (Å²) in [6.07, 6.45) is 20.3. The molecule has 0 aliphatic heterocycles. The molecule has 0 unspecified atom stereocenters. The average molecular weight is 373 g/mol. The first-order chi connectivity index (χ1) is 11.5. The van der Waals surface area contributed by atoms with Crippen LogP contribution in [0, 0.1) is 22.7 Å². The molecule has 0 aromatic rings. The maximum absolute atomic E-state index is 7.14. The summed E-state index contributed by atoms with van der Waals surface area (Å²) in [5, 5.41) is 0. The summed E-state index contributed by atoms with van der Waals surface area (Å²) in [6.45, 7) is 4.61. The summed E-state index contributed by atoms with van der Waals surface area (Å²) in [5.74, 6) is 1.89. The van der Waals surface area contributed by atoms with Crippen LogP contribution < -0.4 is 0 Å². The van der Waals surface area contributed by atoms with Gasteiger partial charge in [0.05, 0.1) is 0 Å². The fourth-order valence-corrected chi connectivity index (χ4v) is 7.46. The van der Waals surface area contributed by atoms with Crippen LogP contribution >= 0.6 is 23.2 Å². The van der Waals surface area contributed by atoms with Crippen LogP contribution in [0.1, 0.15) is 110 Å². The van der Waals surface area contributed by atoms with E-state index >= 15 is 0 Å². The van der Waals surface area contributed by atoms with Crippen molar-refractivity contribution in [2.24, 2.45) is 22.7 Å². The molecule has 0 N–H and O–H groups in total. The van der Waals surface area contributed by atoms with Crippen LogP contribution in [0.5, 0.6) is 0 Å². The van der Waals surface area contributed by atoms with Crippen LogP contribution in [-0.2, 0) is 0 Å². The second-order valence-corrected chi connectivity index (χ2v) is 10.8. The minimum Gasteiger partial charge on any atom is -0.100 e. The zero-order valence-corrected chi connectivity index (χ0v) is 17.5. The monoisotopic (exact) mass is 372 g/mol. The van der Waals surface area contributed by atoms with Gasteiger partial charge in [0, 0.05) is 10.8 Å². The highest BCUT2D eigenvalue weighted by Gasteiger charge is 2.72. The molecule has 0 nitrogen and oxygen atoms in total. The predicted octanol–water partition coefficient (Wildman–Crippen LogP) is 8.30. The van der Waals surface area contributed by atoms with E-state index in [1.54, 1.807) is 0 Å². The zero-order valence-electron chi connectivity index (χ0n) is 16.0. The smallest absolute Gasteiger partial charge is 0.100 e. The molecule has 3 rings (SSSR count). The Morgan fingerprint density at radius 1 is 0.708 bits per heavy atom. The topological polar surface area (TPSA) is 0 Å². The van der Waals surface area contributed by atoms with Gasteiger partial charge in [-0.1, -0.05) is 52.4 Å². The van der Waals surface area contributed by atoms with Crippen LogP contribution in [0.3, 0.4) is 0 Å². The maximum Gasteiger partial charge on any atom is 0.129 e. The Bertz CT molecular complexity index is 398. The molecule has 0 aromatic carbocycles. The molecular formula is C22H38Cl2. The minimum atomic E-state index is -0.439. The first-order valence-corrected chi connectivity index (χ1v) is 11.6. The summed E-state index contributed by atoms with van der Waals surface area (Å²) in [6, 6.07) is 0. The summed E-state index contributed by atoms with van der Waals surface area (Å²) in [5.41, 5.74) is 0.518. The number of rotatable bonds is 6. The number of hydrogen-bond donors (Lipinski definition) is 0. The molecule has 0 amide bonds. The van der Waals surface area contributed by atoms with Crippen LogP contribution in [0.15, 0.2) is 0 Å². The minimum absolute atomic E-state index is 0.259. The molecule has 140 valence electrons. The molecule has 0 bridgehead atoms. The van der Waals surface area contributed by atoms with Gasteiger partial charge in [-0.25, -0.2) is 0 Å². The van der Waals surface area contributed by atoms with Crippen molar-refractivity contribution in [1.29, 1.82) is 0 Å². The van der Waals surface area contributed by atoms with Crippen molar-refractivity contribution >= 4 is 23.2 Å². The lowest BCUT2D eigenvalue weighted by Gasteiger charge is -2.69. The Labute approximate surface area is 160 Å². The predicted molar refractivity (Wildman–Crippen MR) is 107 cm³/mol. The molecule has 3 aliphatic carbocycles. The van der Waals surface area contributed by atoms with E-state index < -0.39 is 4.33 Å². The summed E-state index contributed by atoms with van der Waals surface area (Å²) >= 11 is 14.3. The Hall–Kier alpha value is 0.580. The highest BCUT2D eigenvalue weighted by Crippen LogP contribution is 2.76. The highest BCUT2D eigenvalue weighted by atomic mass is 35.5. The van der Waals surface area contributed by atoms with Crippen molar-refractivity contribution in [3.8, 4) is 0 Å². The fourth-order valence-electron chi connectivity index (χ4n) is 6.44. The SMILES string of the molecule is CCCCCC1CCC2(CC1)CC1(CCC(CCC)CC1)C2(Cl)Cl. The van der Waals surface area contributed by atoms with Gasteiger partial charge in [0.25, 0.3) is 0 Å². The van der Waals surface area contributed by atoms with E-state index in [1.165, 1.54) is 96.3 Å². The van der Waals surface area contributed by atoms with Crippen LogP contribution in [0.2, 0.25) is 0 Å². The molecule has 24 heavy (non-hydrogen) atoms. The van der Waals surface area contributed by atoms with Crippen molar-refractivity contribution in [2.45, 2.75) is 114 Å². The number of halogens is 2. The highest BCUT2D eigenvalue weighted by molar-refractivity contribution is 6.50. The van der Waals surface area contributed by atoms with Gasteiger partial charge in [-0.15, -0.1) is 23.2 Å². The molecule has 0 saturated heterocycles. The maximum atomic E-state index is 7.14. The molecule has 3 aliphatic rings. The van der Waals surface area contributed by atoms with Crippen molar-refractivity contribution in [3.63, 3.8) is 0 Å². The molecule has 3 fully saturated rings. The Morgan fingerprint density at radius 2 is 1.21 bits per heavy atom. The van der Waals surface area contributed by atoms with Gasteiger partial charge in [-0.2, -0.15) is 0 Å². The van der Waals surface area contributed by atoms with Gasteiger partial charge in [0.1, 0.15) is 4.33 Å². The molecule has 0 aromatic heterocycles. The van der Waals surface area contributed by atoms with Gasteiger partial charge in [-0.3, -0.25) is 0 Å². The lowest BCUT2D eigenvalue weighted by molar-refractivity contribution is -0.115. The summed E-state index contributed by atoms with van der Waals surface area (Å²) in [4.78, 5) is 0. The summed E-state index contributed by atoms with van der Waals surface area (Å²) < 4.78 is -0.439. The summed E-state index contributed by atoms with van der Waals surface area (Å²) in [7, 11) is 0. The lowest BCUT2D eigenvalue weighted by Crippen LogP contribution is -2.66. The van der Waals surface area contributed by atoms with E-state index in [4.69, 9.17) is 23.2 Å². The molecule has 0 atom stereocenters. The van der Waals surface area contributed by atoms with Gasteiger partial charge in [-0.05, 0) is 69.6 Å². The number of hydrogen-bond acceptors (Lipinski definition) is 0. The third kappa shape index (κ3) is 3.28. The van der Waals surface area contributed by atoms with E-state index in [0.29, 0.717) is 0 Å². The van der Waals surface area contributed by atoms with E-state index in [0.717, 1.165) is 11.8 Å². The normalized spacial score (nSPS) is 41.5. The van der Waals surface area contributed by atoms with Crippen LogP contribution in [-0.4, -0.2) is 4.33 Å². The second kappa shape index (κ2) is 7.67. The first kappa shape index (κ1) is 19.3. The van der Waals surface area contributed by atoms with Crippen LogP contribution in [0.4, 0.5) is 0 Å². The van der Waals surface area contributed by atoms with Crippen molar-refractivity contribution in [1.82, 2.24) is 0 Å². The fraction of sp³-hybridized carbons (Fsp3) is 1.00. The van der Waals surface area contributed by atoms with Gasteiger partial charge in [0.15, 0.2) is 0 Å². The zero-order chi connectivity index (χ0) is 17.3. The van der Waals surface area contributed by atoms with Crippen molar-refractivity contribution in [3.05, 3.63) is 0 Å². The second-order valence-electron chi connectivity index (χ2n) is 9.48. The number of alkyl halides is 2. The third-order valence-electron chi connectivity index (χ3n) is 8.05. The van der Waals surface area contributed by atoms with E-state index in [9.17, 15) is 0 Å². The van der Waals surface area contributed by atoms with Crippen molar-refractivity contribution in [2.75, 3.05) is 0 Å². The third-order valence-corrected chi connectivity index (χ3v) is 9.65. The van der Waals surface area contributed by atoms with E-state index in [1.807, 2.05) is 0 Å². The molecular weight excluding hydrogens is 335 g/mol. The molecule has 2 heteroatoms. The van der Waals surface area contributed by atoms with Gasteiger partial charge >= 0.3 is 0 Å². The quantitative estimate of drug-likeness (QED) is 0.324. The molecule has 3 saturated carbocycles.